The average Bonchev–Trinajstić information content (AvgIpc) is 2.65. The van der Waals surface area contributed by atoms with E-state index in [4.69, 9.17) is 9.84 Å². The normalized spacial score (nSPS) is 18.1. The van der Waals surface area contributed by atoms with Gasteiger partial charge in [0, 0.05) is 11.6 Å². The summed E-state index contributed by atoms with van der Waals surface area (Å²) < 4.78 is 5.18. The molecule has 0 aliphatic carbocycles. The molecule has 1 aromatic carbocycles. The van der Waals surface area contributed by atoms with Crippen LogP contribution in [0.5, 0.6) is 5.75 Å². The van der Waals surface area contributed by atoms with Crippen molar-refractivity contribution in [3.63, 3.8) is 0 Å². The summed E-state index contributed by atoms with van der Waals surface area (Å²) in [7, 11) is 1.68. The Hall–Kier alpha value is -1.16. The standard InChI is InChI=1S/C14H20N2OS/c1-10(2)16-14(3,4)18-13(15-16)11-6-8-12(17-5)9-7-11/h6-10H,1-5H3. The van der Waals surface area contributed by atoms with Crippen molar-refractivity contribution in [1.82, 2.24) is 5.01 Å². The predicted molar refractivity (Wildman–Crippen MR) is 78.2 cm³/mol. The van der Waals surface area contributed by atoms with Gasteiger partial charge < -0.3 is 4.74 Å². The van der Waals surface area contributed by atoms with Crippen LogP contribution in [0.2, 0.25) is 0 Å². The zero-order valence-corrected chi connectivity index (χ0v) is 12.4. The molecule has 0 N–H and O–H groups in total. The second-order valence-electron chi connectivity index (χ2n) is 5.12. The van der Waals surface area contributed by atoms with E-state index in [-0.39, 0.29) is 4.87 Å². The minimum atomic E-state index is 0.0173. The van der Waals surface area contributed by atoms with Gasteiger partial charge in [0.15, 0.2) is 0 Å². The van der Waals surface area contributed by atoms with Crippen molar-refractivity contribution in [3.8, 4) is 5.75 Å². The maximum atomic E-state index is 5.18. The van der Waals surface area contributed by atoms with E-state index in [1.807, 2.05) is 12.1 Å². The smallest absolute Gasteiger partial charge is 0.126 e. The van der Waals surface area contributed by atoms with Gasteiger partial charge in [0.05, 0.1) is 7.11 Å². The number of hydrazone groups is 1. The number of benzene rings is 1. The van der Waals surface area contributed by atoms with Crippen molar-refractivity contribution in [2.24, 2.45) is 5.10 Å². The van der Waals surface area contributed by atoms with Crippen LogP contribution < -0.4 is 4.74 Å². The third-order valence-electron chi connectivity index (χ3n) is 2.92. The van der Waals surface area contributed by atoms with Crippen LogP contribution in [0.4, 0.5) is 0 Å². The molecular formula is C14H20N2OS. The number of nitrogens with zero attached hydrogens (tertiary/aromatic N) is 2. The molecule has 0 spiro atoms. The summed E-state index contributed by atoms with van der Waals surface area (Å²) in [6, 6.07) is 8.48. The minimum absolute atomic E-state index is 0.0173. The fraction of sp³-hybridized carbons (Fsp3) is 0.500. The first-order valence-electron chi connectivity index (χ1n) is 6.15. The van der Waals surface area contributed by atoms with Crippen LogP contribution >= 0.6 is 11.8 Å². The van der Waals surface area contributed by atoms with Crippen molar-refractivity contribution < 1.29 is 4.74 Å². The van der Waals surface area contributed by atoms with E-state index in [1.54, 1.807) is 18.9 Å². The first-order valence-corrected chi connectivity index (χ1v) is 6.97. The number of ether oxygens (including phenoxy) is 1. The molecule has 4 heteroatoms. The number of hydrogen-bond acceptors (Lipinski definition) is 4. The van der Waals surface area contributed by atoms with E-state index in [1.165, 1.54) is 0 Å². The zero-order valence-electron chi connectivity index (χ0n) is 11.6. The third-order valence-corrected chi connectivity index (χ3v) is 4.12. The SMILES string of the molecule is COc1ccc(C2=NN(C(C)C)C(C)(C)S2)cc1. The molecule has 0 saturated heterocycles. The number of methoxy groups -OCH3 is 1. The number of rotatable bonds is 3. The number of hydrogen-bond donors (Lipinski definition) is 0. The Morgan fingerprint density at radius 1 is 1.22 bits per heavy atom. The highest BCUT2D eigenvalue weighted by molar-refractivity contribution is 8.15. The van der Waals surface area contributed by atoms with Gasteiger partial charge in [-0.05, 0) is 52.0 Å². The summed E-state index contributed by atoms with van der Waals surface area (Å²) in [5.41, 5.74) is 1.15. The highest BCUT2D eigenvalue weighted by Crippen LogP contribution is 2.40. The summed E-state index contributed by atoms with van der Waals surface area (Å²) in [5.74, 6) is 0.877. The van der Waals surface area contributed by atoms with Crippen molar-refractivity contribution in [3.05, 3.63) is 29.8 Å². The summed E-state index contributed by atoms with van der Waals surface area (Å²) in [6.45, 7) is 8.75. The van der Waals surface area contributed by atoms with E-state index in [0.29, 0.717) is 6.04 Å². The third kappa shape index (κ3) is 2.48. The van der Waals surface area contributed by atoms with Crippen LogP contribution in [-0.4, -0.2) is 28.1 Å². The Kier molecular flexibility index (Phi) is 3.57. The Morgan fingerprint density at radius 2 is 1.83 bits per heavy atom. The predicted octanol–water partition coefficient (Wildman–Crippen LogP) is 3.55. The molecule has 3 nitrogen and oxygen atoms in total. The second kappa shape index (κ2) is 4.84. The van der Waals surface area contributed by atoms with Crippen LogP contribution in [0.1, 0.15) is 33.3 Å². The lowest BCUT2D eigenvalue weighted by atomic mass is 10.2. The first-order chi connectivity index (χ1) is 8.44. The van der Waals surface area contributed by atoms with Gasteiger partial charge in [0.2, 0.25) is 0 Å². The summed E-state index contributed by atoms with van der Waals surface area (Å²) >= 11 is 1.81. The Morgan fingerprint density at radius 3 is 2.28 bits per heavy atom. The molecule has 1 heterocycles. The van der Waals surface area contributed by atoms with Crippen molar-refractivity contribution in [1.29, 1.82) is 0 Å². The van der Waals surface area contributed by atoms with Crippen LogP contribution in [-0.2, 0) is 0 Å². The first kappa shape index (κ1) is 13.3. The molecule has 0 unspecified atom stereocenters. The highest BCUT2D eigenvalue weighted by Gasteiger charge is 2.36. The van der Waals surface area contributed by atoms with Crippen LogP contribution in [0.3, 0.4) is 0 Å². The number of thioether (sulfide) groups is 1. The van der Waals surface area contributed by atoms with Crippen molar-refractivity contribution in [2.45, 2.75) is 38.6 Å². The van der Waals surface area contributed by atoms with E-state index in [2.05, 4.69) is 44.8 Å². The Labute approximate surface area is 113 Å². The molecule has 1 aliphatic heterocycles. The highest BCUT2D eigenvalue weighted by atomic mass is 32.2. The van der Waals surface area contributed by atoms with Crippen molar-refractivity contribution in [2.75, 3.05) is 7.11 Å². The van der Waals surface area contributed by atoms with Gasteiger partial charge in [-0.25, -0.2) is 0 Å². The second-order valence-corrected chi connectivity index (χ2v) is 6.71. The molecule has 0 fully saturated rings. The molecule has 18 heavy (non-hydrogen) atoms. The molecule has 98 valence electrons. The lowest BCUT2D eigenvalue weighted by Crippen LogP contribution is -2.38. The fourth-order valence-electron chi connectivity index (χ4n) is 2.11. The lowest BCUT2D eigenvalue weighted by Gasteiger charge is -2.32. The molecule has 0 bridgehead atoms. The van der Waals surface area contributed by atoms with Gasteiger partial charge in [-0.3, -0.25) is 5.01 Å². The monoisotopic (exact) mass is 264 g/mol. The molecule has 0 aromatic heterocycles. The van der Waals surface area contributed by atoms with Gasteiger partial charge in [-0.2, -0.15) is 5.10 Å². The zero-order chi connectivity index (χ0) is 13.3. The summed E-state index contributed by atoms with van der Waals surface area (Å²) in [6.07, 6.45) is 0. The van der Waals surface area contributed by atoms with Gasteiger partial charge in [0.1, 0.15) is 15.7 Å². The van der Waals surface area contributed by atoms with E-state index < -0.39 is 0 Å². The van der Waals surface area contributed by atoms with Crippen LogP contribution in [0, 0.1) is 0 Å². The van der Waals surface area contributed by atoms with Gasteiger partial charge in [-0.1, -0.05) is 11.8 Å². The fourth-order valence-corrected chi connectivity index (χ4v) is 3.31. The quantitative estimate of drug-likeness (QED) is 0.834. The molecule has 0 saturated carbocycles. The molecule has 2 rings (SSSR count). The van der Waals surface area contributed by atoms with Crippen LogP contribution in [0.15, 0.2) is 29.4 Å². The summed E-state index contributed by atoms with van der Waals surface area (Å²) in [4.78, 5) is 0.0173. The van der Waals surface area contributed by atoms with Gasteiger partial charge in [-0.15, -0.1) is 0 Å². The minimum Gasteiger partial charge on any atom is -0.497 e. The maximum Gasteiger partial charge on any atom is 0.126 e. The van der Waals surface area contributed by atoms with Gasteiger partial charge in [0.25, 0.3) is 0 Å². The topological polar surface area (TPSA) is 24.8 Å². The molecule has 1 aromatic rings. The Bertz CT molecular complexity index is 451. The van der Waals surface area contributed by atoms with Crippen molar-refractivity contribution >= 4 is 16.8 Å². The molecular weight excluding hydrogens is 244 g/mol. The molecule has 0 radical (unpaired) electrons. The van der Waals surface area contributed by atoms with E-state index in [0.717, 1.165) is 16.4 Å². The molecule has 0 atom stereocenters. The van der Waals surface area contributed by atoms with Crippen LogP contribution in [0.25, 0.3) is 0 Å². The largest absolute Gasteiger partial charge is 0.497 e. The molecule has 0 amide bonds. The summed E-state index contributed by atoms with van der Waals surface area (Å²) in [5, 5.41) is 7.98. The van der Waals surface area contributed by atoms with E-state index in [9.17, 15) is 0 Å². The lowest BCUT2D eigenvalue weighted by molar-refractivity contribution is 0.166. The maximum absolute atomic E-state index is 5.18. The van der Waals surface area contributed by atoms with Gasteiger partial charge >= 0.3 is 0 Å². The molecule has 1 aliphatic rings. The Balaban J connectivity index is 2.26. The van der Waals surface area contributed by atoms with E-state index >= 15 is 0 Å². The average molecular weight is 264 g/mol.